The molecule has 1 nitrogen and oxygen atoms in total. The van der Waals surface area contributed by atoms with Crippen LogP contribution in [0, 0.1) is 6.92 Å². The van der Waals surface area contributed by atoms with Crippen LogP contribution < -0.4 is 0 Å². The van der Waals surface area contributed by atoms with Crippen LogP contribution in [-0.2, 0) is 6.18 Å². The van der Waals surface area contributed by atoms with E-state index in [0.717, 1.165) is 6.07 Å². The number of ketones is 1. The van der Waals surface area contributed by atoms with Gasteiger partial charge in [-0.05, 0) is 31.5 Å². The molecule has 0 amide bonds. The van der Waals surface area contributed by atoms with Gasteiger partial charge >= 0.3 is 6.18 Å². The molecule has 0 atom stereocenters. The molecular weight excluding hydrogens is 273 g/mol. The largest absolute Gasteiger partial charge is 0.416 e. The summed E-state index contributed by atoms with van der Waals surface area (Å²) in [5.41, 5.74) is -0.622. The molecule has 0 N–H and O–H groups in total. The molecule has 0 spiro atoms. The van der Waals surface area contributed by atoms with Crippen molar-refractivity contribution in [3.63, 3.8) is 0 Å². The molecule has 0 fully saturated rings. The van der Waals surface area contributed by atoms with Gasteiger partial charge in [0.05, 0.1) is 5.56 Å². The Kier molecular flexibility index (Phi) is 3.23. The van der Waals surface area contributed by atoms with Gasteiger partial charge in [0, 0.05) is 10.0 Å². The van der Waals surface area contributed by atoms with Gasteiger partial charge in [0.1, 0.15) is 0 Å². The van der Waals surface area contributed by atoms with E-state index >= 15 is 0 Å². The minimum absolute atomic E-state index is 0.0490. The van der Waals surface area contributed by atoms with E-state index in [2.05, 4.69) is 15.9 Å². The summed E-state index contributed by atoms with van der Waals surface area (Å²) in [5.74, 6) is -0.396. The van der Waals surface area contributed by atoms with Crippen molar-refractivity contribution in [1.82, 2.24) is 0 Å². The van der Waals surface area contributed by atoms with Crippen LogP contribution in [0.1, 0.15) is 28.4 Å². The van der Waals surface area contributed by atoms with Crippen LogP contribution in [0.3, 0.4) is 0 Å². The van der Waals surface area contributed by atoms with E-state index in [4.69, 9.17) is 0 Å². The predicted octanol–water partition coefficient (Wildman–Crippen LogP) is 3.98. The van der Waals surface area contributed by atoms with Crippen molar-refractivity contribution in [2.75, 3.05) is 0 Å². The SMILES string of the molecule is CC(=O)c1cc(C(F)(F)F)c(C)cc1Br. The van der Waals surface area contributed by atoms with Crippen molar-refractivity contribution in [2.45, 2.75) is 20.0 Å². The Labute approximate surface area is 93.4 Å². The zero-order valence-electron chi connectivity index (χ0n) is 8.07. The predicted molar refractivity (Wildman–Crippen MR) is 53.9 cm³/mol. The number of Topliss-reactive ketones (excluding diaryl/α,β-unsaturated/α-hetero) is 1. The minimum Gasteiger partial charge on any atom is -0.294 e. The van der Waals surface area contributed by atoms with E-state index in [0.29, 0.717) is 4.47 Å². The lowest BCUT2D eigenvalue weighted by molar-refractivity contribution is -0.138. The van der Waals surface area contributed by atoms with Crippen LogP contribution in [0.4, 0.5) is 13.2 Å². The summed E-state index contributed by atoms with van der Waals surface area (Å²) < 4.78 is 37.9. The number of carbonyl (C=O) groups excluding carboxylic acids is 1. The first-order valence-corrected chi connectivity index (χ1v) is 4.91. The highest BCUT2D eigenvalue weighted by Gasteiger charge is 2.33. The van der Waals surface area contributed by atoms with Gasteiger partial charge < -0.3 is 0 Å². The second-order valence-electron chi connectivity index (χ2n) is 3.20. The van der Waals surface area contributed by atoms with Crippen LogP contribution in [0.15, 0.2) is 16.6 Å². The Bertz CT molecular complexity index is 410. The van der Waals surface area contributed by atoms with Gasteiger partial charge in [-0.2, -0.15) is 13.2 Å². The maximum atomic E-state index is 12.5. The maximum Gasteiger partial charge on any atom is 0.416 e. The van der Waals surface area contributed by atoms with Crippen molar-refractivity contribution < 1.29 is 18.0 Å². The molecule has 0 unspecified atom stereocenters. The Balaban J connectivity index is 3.43. The first-order chi connectivity index (χ1) is 6.73. The average molecular weight is 281 g/mol. The smallest absolute Gasteiger partial charge is 0.294 e. The number of aryl methyl sites for hydroxylation is 1. The highest BCUT2D eigenvalue weighted by molar-refractivity contribution is 9.10. The second-order valence-corrected chi connectivity index (χ2v) is 4.06. The second kappa shape index (κ2) is 3.96. The van der Waals surface area contributed by atoms with E-state index in [1.807, 2.05) is 0 Å². The molecule has 0 aliphatic heterocycles. The quantitative estimate of drug-likeness (QED) is 0.711. The van der Waals surface area contributed by atoms with Crippen molar-refractivity contribution >= 4 is 21.7 Å². The molecule has 0 saturated carbocycles. The lowest BCUT2D eigenvalue weighted by atomic mass is 10.0. The van der Waals surface area contributed by atoms with Crippen LogP contribution in [0.5, 0.6) is 0 Å². The van der Waals surface area contributed by atoms with Gasteiger partial charge in [-0.1, -0.05) is 15.9 Å². The summed E-state index contributed by atoms with van der Waals surface area (Å²) in [6.45, 7) is 2.59. The highest BCUT2D eigenvalue weighted by Crippen LogP contribution is 2.34. The fraction of sp³-hybridized carbons (Fsp3) is 0.300. The van der Waals surface area contributed by atoms with Gasteiger partial charge in [-0.15, -0.1) is 0 Å². The molecule has 0 heterocycles. The Morgan fingerprint density at radius 2 is 1.87 bits per heavy atom. The van der Waals surface area contributed by atoms with Crippen LogP contribution in [-0.4, -0.2) is 5.78 Å². The zero-order chi connectivity index (χ0) is 11.8. The topological polar surface area (TPSA) is 17.1 Å². The van der Waals surface area contributed by atoms with Crippen molar-refractivity contribution in [2.24, 2.45) is 0 Å². The average Bonchev–Trinajstić information content (AvgIpc) is 2.00. The van der Waals surface area contributed by atoms with Crippen molar-refractivity contribution in [1.29, 1.82) is 0 Å². The first kappa shape index (κ1) is 12.2. The number of hydrogen-bond acceptors (Lipinski definition) is 1. The Hall–Kier alpha value is -0.840. The summed E-state index contributed by atoms with van der Waals surface area (Å²) in [6, 6.07) is 2.18. The number of alkyl halides is 3. The number of benzene rings is 1. The molecular formula is C10H8BrF3O. The molecule has 0 aliphatic rings. The van der Waals surface area contributed by atoms with E-state index in [-0.39, 0.29) is 11.1 Å². The van der Waals surface area contributed by atoms with Crippen molar-refractivity contribution in [3.8, 4) is 0 Å². The molecule has 0 aromatic heterocycles. The molecule has 0 aliphatic carbocycles. The monoisotopic (exact) mass is 280 g/mol. The number of halogens is 4. The zero-order valence-corrected chi connectivity index (χ0v) is 9.66. The molecule has 0 radical (unpaired) electrons. The Morgan fingerprint density at radius 3 is 2.27 bits per heavy atom. The molecule has 15 heavy (non-hydrogen) atoms. The standard InChI is InChI=1S/C10H8BrF3O/c1-5-3-9(11)7(6(2)15)4-8(5)10(12,13)14/h3-4H,1-2H3. The lowest BCUT2D eigenvalue weighted by Crippen LogP contribution is -2.09. The Morgan fingerprint density at radius 1 is 1.33 bits per heavy atom. The molecule has 0 bridgehead atoms. The summed E-state index contributed by atoms with van der Waals surface area (Å²) in [5, 5.41) is 0. The van der Waals surface area contributed by atoms with Crippen LogP contribution >= 0.6 is 15.9 Å². The van der Waals surface area contributed by atoms with Gasteiger partial charge in [0.2, 0.25) is 0 Å². The molecule has 0 saturated heterocycles. The third-order valence-electron chi connectivity index (χ3n) is 2.00. The summed E-state index contributed by atoms with van der Waals surface area (Å²) in [7, 11) is 0. The fourth-order valence-corrected chi connectivity index (χ4v) is 1.98. The normalized spacial score (nSPS) is 11.6. The van der Waals surface area contributed by atoms with E-state index in [1.54, 1.807) is 0 Å². The van der Waals surface area contributed by atoms with Crippen molar-refractivity contribution in [3.05, 3.63) is 33.3 Å². The third-order valence-corrected chi connectivity index (χ3v) is 2.65. The van der Waals surface area contributed by atoms with Gasteiger partial charge in [-0.25, -0.2) is 0 Å². The van der Waals surface area contributed by atoms with Gasteiger partial charge in [0.25, 0.3) is 0 Å². The van der Waals surface area contributed by atoms with Gasteiger partial charge in [-0.3, -0.25) is 4.79 Å². The molecule has 1 rings (SSSR count). The third kappa shape index (κ3) is 2.59. The number of hydrogen-bond donors (Lipinski definition) is 0. The van der Waals surface area contributed by atoms with Gasteiger partial charge in [0.15, 0.2) is 5.78 Å². The fourth-order valence-electron chi connectivity index (χ4n) is 1.25. The first-order valence-electron chi connectivity index (χ1n) is 4.11. The highest BCUT2D eigenvalue weighted by atomic mass is 79.9. The lowest BCUT2D eigenvalue weighted by Gasteiger charge is -2.12. The van der Waals surface area contributed by atoms with E-state index < -0.39 is 17.5 Å². The molecule has 1 aromatic carbocycles. The molecule has 5 heteroatoms. The molecule has 1 aromatic rings. The van der Waals surface area contributed by atoms with Crippen LogP contribution in [0.2, 0.25) is 0 Å². The number of rotatable bonds is 1. The summed E-state index contributed by atoms with van der Waals surface area (Å²) >= 11 is 3.06. The van der Waals surface area contributed by atoms with E-state index in [1.165, 1.54) is 19.9 Å². The summed E-state index contributed by atoms with van der Waals surface area (Å²) in [4.78, 5) is 11.1. The minimum atomic E-state index is -4.42. The maximum absolute atomic E-state index is 12.5. The summed E-state index contributed by atoms with van der Waals surface area (Å²) in [6.07, 6.45) is -4.42. The number of carbonyl (C=O) groups is 1. The van der Waals surface area contributed by atoms with Crippen LogP contribution in [0.25, 0.3) is 0 Å². The molecule has 82 valence electrons. The van der Waals surface area contributed by atoms with E-state index in [9.17, 15) is 18.0 Å².